The number of rotatable bonds is 2. The molecule has 1 aliphatic heterocycles. The third-order valence-electron chi connectivity index (χ3n) is 3.88. The van der Waals surface area contributed by atoms with Gasteiger partial charge in [0.05, 0.1) is 3.79 Å². The van der Waals surface area contributed by atoms with Crippen LogP contribution in [0.15, 0.2) is 34.1 Å². The van der Waals surface area contributed by atoms with Crippen LogP contribution in [0, 0.1) is 6.92 Å². The smallest absolute Gasteiger partial charge is 0.0733 e. The molecule has 3 rings (SSSR count). The van der Waals surface area contributed by atoms with Crippen LogP contribution >= 0.6 is 27.3 Å². The molecule has 0 spiro atoms. The molecule has 0 radical (unpaired) electrons. The zero-order valence-electron chi connectivity index (χ0n) is 11.2. The maximum Gasteiger partial charge on any atom is 0.0733 e. The second kappa shape index (κ2) is 5.78. The summed E-state index contributed by atoms with van der Waals surface area (Å²) in [5, 5.41) is 0. The maximum absolute atomic E-state index is 3.68. The quantitative estimate of drug-likeness (QED) is 0.785. The Balaban J connectivity index is 1.70. The highest BCUT2D eigenvalue weighted by atomic mass is 79.9. The van der Waals surface area contributed by atoms with Crippen molar-refractivity contribution in [2.45, 2.75) is 26.3 Å². The molecule has 0 atom stereocenters. The summed E-state index contributed by atoms with van der Waals surface area (Å²) >= 11 is 5.60. The summed E-state index contributed by atoms with van der Waals surface area (Å²) in [6, 6.07) is 10.8. The topological polar surface area (TPSA) is 3.24 Å². The molecule has 100 valence electrons. The Morgan fingerprint density at radius 3 is 2.68 bits per heavy atom. The summed E-state index contributed by atoms with van der Waals surface area (Å²) < 4.78 is 1.33. The van der Waals surface area contributed by atoms with Gasteiger partial charge in [0.1, 0.15) is 0 Å². The fraction of sp³-hybridized carbons (Fsp3) is 0.375. The van der Waals surface area contributed by atoms with Crippen LogP contribution < -0.4 is 0 Å². The van der Waals surface area contributed by atoms with E-state index in [-0.39, 0.29) is 0 Å². The number of halogens is 1. The van der Waals surface area contributed by atoms with E-state index >= 15 is 0 Å². The van der Waals surface area contributed by atoms with Crippen LogP contribution in [0.25, 0.3) is 0 Å². The monoisotopic (exact) mass is 335 g/mol. The molecule has 0 saturated carbocycles. The van der Waals surface area contributed by atoms with E-state index < -0.39 is 0 Å². The fourth-order valence-electron chi connectivity index (χ4n) is 2.74. The number of fused-ring (bicyclic) bond motifs is 1. The standard InChI is InChI=1S/C16H18BrNS/c1-12-14-7-9-18(10-8-15(14)19-16(12)17)11-13-5-3-2-4-6-13/h2-6H,7-11H2,1H3. The second-order valence-electron chi connectivity index (χ2n) is 5.16. The average molecular weight is 336 g/mol. The number of hydrogen-bond acceptors (Lipinski definition) is 2. The molecule has 0 bridgehead atoms. The Labute approximate surface area is 127 Å². The van der Waals surface area contributed by atoms with Gasteiger partial charge in [-0.05, 0) is 52.4 Å². The Hall–Kier alpha value is -0.640. The molecule has 0 N–H and O–H groups in total. The Kier molecular flexibility index (Phi) is 4.06. The number of benzene rings is 1. The van der Waals surface area contributed by atoms with E-state index in [9.17, 15) is 0 Å². The van der Waals surface area contributed by atoms with Crippen LogP contribution in [-0.2, 0) is 19.4 Å². The first-order valence-corrected chi connectivity index (χ1v) is 8.38. The van der Waals surface area contributed by atoms with Gasteiger partial charge in [-0.15, -0.1) is 11.3 Å². The van der Waals surface area contributed by atoms with E-state index in [1.165, 1.54) is 40.8 Å². The van der Waals surface area contributed by atoms with Crippen LogP contribution in [0.3, 0.4) is 0 Å². The summed E-state index contributed by atoms with van der Waals surface area (Å²) in [5.41, 5.74) is 4.47. The lowest BCUT2D eigenvalue weighted by atomic mass is 10.1. The van der Waals surface area contributed by atoms with E-state index in [2.05, 4.69) is 58.1 Å². The lowest BCUT2D eigenvalue weighted by Gasteiger charge is -2.19. The average Bonchev–Trinajstić information content (AvgIpc) is 2.60. The molecule has 0 amide bonds. The third-order valence-corrected chi connectivity index (χ3v) is 6.14. The Morgan fingerprint density at radius 1 is 1.16 bits per heavy atom. The predicted octanol–water partition coefficient (Wildman–Crippen LogP) is 4.42. The molecule has 1 aromatic heterocycles. The minimum absolute atomic E-state index is 1.08. The van der Waals surface area contributed by atoms with Crippen molar-refractivity contribution in [1.29, 1.82) is 0 Å². The lowest BCUT2D eigenvalue weighted by Crippen LogP contribution is -2.25. The van der Waals surface area contributed by atoms with Crippen LogP contribution in [0.1, 0.15) is 21.6 Å². The second-order valence-corrected chi connectivity index (χ2v) is 7.59. The van der Waals surface area contributed by atoms with Crippen LogP contribution in [0.5, 0.6) is 0 Å². The molecule has 1 aromatic carbocycles. The normalized spacial score (nSPS) is 16.1. The van der Waals surface area contributed by atoms with Gasteiger partial charge < -0.3 is 0 Å². The lowest BCUT2D eigenvalue weighted by molar-refractivity contribution is 0.279. The summed E-state index contributed by atoms with van der Waals surface area (Å²) in [6.07, 6.45) is 2.38. The van der Waals surface area contributed by atoms with E-state index in [0.29, 0.717) is 0 Å². The van der Waals surface area contributed by atoms with Gasteiger partial charge >= 0.3 is 0 Å². The highest BCUT2D eigenvalue weighted by Gasteiger charge is 2.19. The Morgan fingerprint density at radius 2 is 1.89 bits per heavy atom. The van der Waals surface area contributed by atoms with Crippen molar-refractivity contribution in [3.05, 3.63) is 55.7 Å². The predicted molar refractivity (Wildman–Crippen MR) is 85.9 cm³/mol. The highest BCUT2D eigenvalue weighted by Crippen LogP contribution is 2.34. The van der Waals surface area contributed by atoms with Gasteiger partial charge in [0.25, 0.3) is 0 Å². The third kappa shape index (κ3) is 2.93. The molecule has 0 fully saturated rings. The number of hydrogen-bond donors (Lipinski definition) is 0. The van der Waals surface area contributed by atoms with Gasteiger partial charge in [0.2, 0.25) is 0 Å². The van der Waals surface area contributed by atoms with Crippen molar-refractivity contribution in [3.63, 3.8) is 0 Å². The van der Waals surface area contributed by atoms with Crippen molar-refractivity contribution in [1.82, 2.24) is 4.90 Å². The van der Waals surface area contributed by atoms with Crippen LogP contribution in [0.2, 0.25) is 0 Å². The SMILES string of the molecule is Cc1c(Br)sc2c1CCN(Cc1ccccc1)CC2. The van der Waals surface area contributed by atoms with Crippen molar-refractivity contribution >= 4 is 27.3 Å². The summed E-state index contributed by atoms with van der Waals surface area (Å²) in [4.78, 5) is 4.16. The first kappa shape index (κ1) is 13.3. The summed E-state index contributed by atoms with van der Waals surface area (Å²) in [6.45, 7) is 5.67. The first-order valence-electron chi connectivity index (χ1n) is 6.77. The van der Waals surface area contributed by atoms with E-state index in [0.717, 1.165) is 6.54 Å². The van der Waals surface area contributed by atoms with Crippen molar-refractivity contribution in [3.8, 4) is 0 Å². The van der Waals surface area contributed by atoms with E-state index in [1.807, 2.05) is 11.3 Å². The van der Waals surface area contributed by atoms with Gasteiger partial charge in [-0.1, -0.05) is 30.3 Å². The number of thiophene rings is 1. The van der Waals surface area contributed by atoms with Crippen molar-refractivity contribution in [2.75, 3.05) is 13.1 Å². The van der Waals surface area contributed by atoms with Gasteiger partial charge in [-0.25, -0.2) is 0 Å². The molecule has 19 heavy (non-hydrogen) atoms. The Bertz CT molecular complexity index is 562. The summed E-state index contributed by atoms with van der Waals surface area (Å²) in [5.74, 6) is 0. The molecule has 2 aromatic rings. The number of nitrogens with zero attached hydrogens (tertiary/aromatic N) is 1. The van der Waals surface area contributed by atoms with Crippen molar-refractivity contribution < 1.29 is 0 Å². The molecular weight excluding hydrogens is 318 g/mol. The molecule has 0 saturated heterocycles. The minimum atomic E-state index is 1.08. The molecule has 1 nitrogen and oxygen atoms in total. The minimum Gasteiger partial charge on any atom is -0.298 e. The van der Waals surface area contributed by atoms with Gasteiger partial charge in [-0.2, -0.15) is 0 Å². The highest BCUT2D eigenvalue weighted by molar-refractivity contribution is 9.11. The molecule has 0 aliphatic carbocycles. The summed E-state index contributed by atoms with van der Waals surface area (Å²) in [7, 11) is 0. The first-order chi connectivity index (χ1) is 9.24. The van der Waals surface area contributed by atoms with Gasteiger partial charge in [-0.3, -0.25) is 4.90 Å². The van der Waals surface area contributed by atoms with Gasteiger partial charge in [0.15, 0.2) is 0 Å². The van der Waals surface area contributed by atoms with E-state index in [1.54, 1.807) is 10.4 Å². The van der Waals surface area contributed by atoms with Crippen molar-refractivity contribution in [2.24, 2.45) is 0 Å². The molecule has 0 unspecified atom stereocenters. The molecule has 3 heteroatoms. The molecular formula is C16H18BrNS. The molecule has 1 aliphatic rings. The van der Waals surface area contributed by atoms with Crippen LogP contribution in [0.4, 0.5) is 0 Å². The van der Waals surface area contributed by atoms with Crippen LogP contribution in [-0.4, -0.2) is 18.0 Å². The fourth-order valence-corrected chi connectivity index (χ4v) is 4.63. The zero-order valence-corrected chi connectivity index (χ0v) is 13.6. The van der Waals surface area contributed by atoms with E-state index in [4.69, 9.17) is 0 Å². The zero-order chi connectivity index (χ0) is 13.2. The largest absolute Gasteiger partial charge is 0.298 e. The van der Waals surface area contributed by atoms with Gasteiger partial charge in [0, 0.05) is 24.5 Å². The maximum atomic E-state index is 3.68. The molecule has 2 heterocycles.